The Hall–Kier alpha value is -1.28. The second kappa shape index (κ2) is 2.61. The third-order valence-electron chi connectivity index (χ3n) is 3.17. The average Bonchev–Trinajstić information content (AvgIpc) is 2.79. The fraction of sp³-hybridized carbons (Fsp3) is 0.333. The molecule has 0 bridgehead atoms. The number of benzene rings is 1. The Morgan fingerprint density at radius 3 is 2.86 bits per heavy atom. The molecule has 72 valence electrons. The van der Waals surface area contributed by atoms with E-state index in [0.29, 0.717) is 12.0 Å². The van der Waals surface area contributed by atoms with Gasteiger partial charge in [-0.2, -0.15) is 0 Å². The lowest BCUT2D eigenvalue weighted by atomic mass is 10.1. The molecule has 1 heterocycles. The Morgan fingerprint density at radius 2 is 2.14 bits per heavy atom. The van der Waals surface area contributed by atoms with Crippen molar-refractivity contribution in [1.29, 1.82) is 0 Å². The zero-order chi connectivity index (χ0) is 9.71. The Balaban J connectivity index is 2.26. The van der Waals surface area contributed by atoms with Crippen LogP contribution in [0.25, 0.3) is 10.9 Å². The molecule has 2 heteroatoms. The van der Waals surface area contributed by atoms with E-state index in [1.165, 1.54) is 16.5 Å². The van der Waals surface area contributed by atoms with Crippen LogP contribution in [0.2, 0.25) is 0 Å². The van der Waals surface area contributed by atoms with Gasteiger partial charge in [-0.05, 0) is 23.4 Å². The van der Waals surface area contributed by atoms with Crippen molar-refractivity contribution in [2.24, 2.45) is 12.8 Å². The van der Waals surface area contributed by atoms with Gasteiger partial charge in [-0.25, -0.2) is 0 Å². The molecule has 2 nitrogen and oxygen atoms in total. The molecule has 1 aromatic carbocycles. The van der Waals surface area contributed by atoms with Crippen molar-refractivity contribution in [1.82, 2.24) is 4.57 Å². The molecular formula is C12H14N2. The summed E-state index contributed by atoms with van der Waals surface area (Å²) < 4.78 is 2.19. The average molecular weight is 186 g/mol. The molecule has 3 rings (SSSR count). The number of aryl methyl sites for hydroxylation is 1. The van der Waals surface area contributed by atoms with Gasteiger partial charge in [0.15, 0.2) is 0 Å². The highest BCUT2D eigenvalue weighted by atomic mass is 14.9. The first-order valence-corrected chi connectivity index (χ1v) is 5.07. The summed E-state index contributed by atoms with van der Waals surface area (Å²) in [4.78, 5) is 0. The number of para-hydroxylation sites is 1. The Kier molecular flexibility index (Phi) is 1.50. The summed E-state index contributed by atoms with van der Waals surface area (Å²) in [6.07, 6.45) is 3.26. The molecule has 1 aliphatic rings. The van der Waals surface area contributed by atoms with Crippen molar-refractivity contribution in [3.8, 4) is 0 Å². The lowest BCUT2D eigenvalue weighted by Gasteiger charge is -2.04. The quantitative estimate of drug-likeness (QED) is 0.725. The predicted octanol–water partition coefficient (Wildman–Crippen LogP) is 1.99. The Morgan fingerprint density at radius 1 is 1.36 bits per heavy atom. The van der Waals surface area contributed by atoms with Crippen molar-refractivity contribution in [3.63, 3.8) is 0 Å². The minimum Gasteiger partial charge on any atom is -0.350 e. The summed E-state index contributed by atoms with van der Waals surface area (Å²) in [7, 11) is 2.10. The van der Waals surface area contributed by atoms with Gasteiger partial charge in [0.2, 0.25) is 0 Å². The van der Waals surface area contributed by atoms with Crippen LogP contribution in [0.15, 0.2) is 30.5 Å². The second-order valence-corrected chi connectivity index (χ2v) is 4.22. The summed E-state index contributed by atoms with van der Waals surface area (Å²) in [6.45, 7) is 0. The highest BCUT2D eigenvalue weighted by Gasteiger charge is 2.36. The molecule has 1 saturated carbocycles. The number of hydrogen-bond donors (Lipinski definition) is 1. The minimum atomic E-state index is 0.385. The predicted molar refractivity (Wildman–Crippen MR) is 58.3 cm³/mol. The van der Waals surface area contributed by atoms with Crippen molar-refractivity contribution in [3.05, 3.63) is 36.0 Å². The first-order valence-electron chi connectivity index (χ1n) is 5.07. The highest BCUT2D eigenvalue weighted by Crippen LogP contribution is 2.42. The van der Waals surface area contributed by atoms with Gasteiger partial charge in [-0.15, -0.1) is 0 Å². The molecule has 0 aliphatic heterocycles. The first-order chi connectivity index (χ1) is 6.77. The van der Waals surface area contributed by atoms with Crippen molar-refractivity contribution >= 4 is 10.9 Å². The molecular weight excluding hydrogens is 172 g/mol. The molecule has 0 amide bonds. The SMILES string of the molecule is Cn1ccc2cccc(C3CC3N)c21. The van der Waals surface area contributed by atoms with E-state index < -0.39 is 0 Å². The number of hydrogen-bond acceptors (Lipinski definition) is 1. The van der Waals surface area contributed by atoms with E-state index in [0.717, 1.165) is 6.42 Å². The molecule has 14 heavy (non-hydrogen) atoms. The standard InChI is InChI=1S/C12H14N2/c1-14-6-5-8-3-2-4-9(12(8)14)10-7-11(10)13/h2-6,10-11H,7,13H2,1H3. The van der Waals surface area contributed by atoms with Gasteiger partial charge < -0.3 is 10.3 Å². The summed E-state index contributed by atoms with van der Waals surface area (Å²) in [5.41, 5.74) is 8.67. The lowest BCUT2D eigenvalue weighted by Crippen LogP contribution is -2.02. The molecule has 2 N–H and O–H groups in total. The number of aromatic nitrogens is 1. The molecule has 2 unspecified atom stereocenters. The topological polar surface area (TPSA) is 30.9 Å². The van der Waals surface area contributed by atoms with Gasteiger partial charge in [0, 0.05) is 25.2 Å². The van der Waals surface area contributed by atoms with Crippen LogP contribution >= 0.6 is 0 Å². The van der Waals surface area contributed by atoms with Crippen LogP contribution in [0.5, 0.6) is 0 Å². The van der Waals surface area contributed by atoms with Crippen molar-refractivity contribution in [2.75, 3.05) is 0 Å². The molecule has 0 spiro atoms. The number of nitrogens with two attached hydrogens (primary N) is 1. The lowest BCUT2D eigenvalue weighted by molar-refractivity contribution is 0.939. The van der Waals surface area contributed by atoms with Crippen LogP contribution in [-0.2, 0) is 7.05 Å². The molecule has 1 fully saturated rings. The summed E-state index contributed by atoms with van der Waals surface area (Å²) in [5.74, 6) is 0.590. The van der Waals surface area contributed by atoms with Crippen LogP contribution < -0.4 is 5.73 Å². The summed E-state index contributed by atoms with van der Waals surface area (Å²) in [5, 5.41) is 1.32. The zero-order valence-corrected chi connectivity index (χ0v) is 8.27. The fourth-order valence-corrected chi connectivity index (χ4v) is 2.26. The molecule has 1 aliphatic carbocycles. The van der Waals surface area contributed by atoms with Gasteiger partial charge in [-0.3, -0.25) is 0 Å². The largest absolute Gasteiger partial charge is 0.350 e. The van der Waals surface area contributed by atoms with Crippen LogP contribution in [-0.4, -0.2) is 10.6 Å². The van der Waals surface area contributed by atoms with Crippen molar-refractivity contribution < 1.29 is 0 Å². The maximum Gasteiger partial charge on any atom is 0.0513 e. The van der Waals surface area contributed by atoms with Crippen LogP contribution in [0.4, 0.5) is 0 Å². The van der Waals surface area contributed by atoms with E-state index in [1.54, 1.807) is 0 Å². The number of rotatable bonds is 1. The summed E-state index contributed by atoms with van der Waals surface area (Å²) in [6, 6.07) is 9.04. The zero-order valence-electron chi connectivity index (χ0n) is 8.27. The molecule has 1 aromatic heterocycles. The van der Waals surface area contributed by atoms with Gasteiger partial charge in [-0.1, -0.05) is 18.2 Å². The van der Waals surface area contributed by atoms with Gasteiger partial charge in [0.25, 0.3) is 0 Å². The smallest absolute Gasteiger partial charge is 0.0513 e. The maximum absolute atomic E-state index is 5.90. The molecule has 0 saturated heterocycles. The first kappa shape index (κ1) is 8.06. The monoisotopic (exact) mass is 186 g/mol. The van der Waals surface area contributed by atoms with Crippen LogP contribution in [0, 0.1) is 0 Å². The van der Waals surface area contributed by atoms with Crippen LogP contribution in [0.3, 0.4) is 0 Å². The fourth-order valence-electron chi connectivity index (χ4n) is 2.26. The van der Waals surface area contributed by atoms with E-state index >= 15 is 0 Å². The van der Waals surface area contributed by atoms with E-state index in [4.69, 9.17) is 5.73 Å². The number of fused-ring (bicyclic) bond motifs is 1. The van der Waals surface area contributed by atoms with E-state index in [2.05, 4.69) is 42.1 Å². The van der Waals surface area contributed by atoms with E-state index in [9.17, 15) is 0 Å². The van der Waals surface area contributed by atoms with Crippen molar-refractivity contribution in [2.45, 2.75) is 18.4 Å². The van der Waals surface area contributed by atoms with E-state index in [-0.39, 0.29) is 0 Å². The second-order valence-electron chi connectivity index (χ2n) is 4.22. The van der Waals surface area contributed by atoms with Crippen LogP contribution in [0.1, 0.15) is 17.9 Å². The Labute approximate surface area is 83.3 Å². The normalized spacial score (nSPS) is 25.6. The van der Waals surface area contributed by atoms with Gasteiger partial charge in [0.1, 0.15) is 0 Å². The highest BCUT2D eigenvalue weighted by molar-refractivity contribution is 5.84. The molecule has 2 atom stereocenters. The molecule has 2 aromatic rings. The maximum atomic E-state index is 5.90. The Bertz CT molecular complexity index is 484. The molecule has 0 radical (unpaired) electrons. The third-order valence-corrected chi connectivity index (χ3v) is 3.17. The van der Waals surface area contributed by atoms with Gasteiger partial charge in [0.05, 0.1) is 5.52 Å². The third kappa shape index (κ3) is 1.01. The minimum absolute atomic E-state index is 0.385. The van der Waals surface area contributed by atoms with Gasteiger partial charge >= 0.3 is 0 Å². The summed E-state index contributed by atoms with van der Waals surface area (Å²) >= 11 is 0. The van der Waals surface area contributed by atoms with E-state index in [1.807, 2.05) is 0 Å². The number of nitrogens with zero attached hydrogens (tertiary/aromatic N) is 1.